The number of benzene rings is 1. The molecule has 0 spiro atoms. The molecule has 0 saturated heterocycles. The highest BCUT2D eigenvalue weighted by Crippen LogP contribution is 2.49. The molecule has 0 radical (unpaired) electrons. The summed E-state index contributed by atoms with van der Waals surface area (Å²) in [7, 11) is -3.60. The van der Waals surface area contributed by atoms with Crippen molar-refractivity contribution in [2.75, 3.05) is 31.9 Å². The van der Waals surface area contributed by atoms with Gasteiger partial charge in [-0.25, -0.2) is 4.98 Å². The van der Waals surface area contributed by atoms with Crippen LogP contribution in [0.15, 0.2) is 41.5 Å². The predicted octanol–water partition coefficient (Wildman–Crippen LogP) is 8.77. The van der Waals surface area contributed by atoms with Gasteiger partial charge in [0, 0.05) is 6.61 Å². The van der Waals surface area contributed by atoms with Gasteiger partial charge in [-0.1, -0.05) is 134 Å². The number of aromatic amines is 1. The Bertz CT molecular complexity index is 1370. The summed E-state index contributed by atoms with van der Waals surface area (Å²) in [6, 6.07) is 9.52. The SMILES string of the molecule is CCCCCCCCCCCCCCCCCCOCCOP(=O)(COC(C)Cn1cnc2c(=O)[nH]c(N)nc21)OCc1ccccc1. The van der Waals surface area contributed by atoms with Crippen molar-refractivity contribution in [3.05, 3.63) is 52.6 Å². The number of hydrogen-bond acceptors (Lipinski definition) is 9. The Morgan fingerprint density at radius 1 is 0.833 bits per heavy atom. The lowest BCUT2D eigenvalue weighted by Gasteiger charge is -2.21. The maximum atomic E-state index is 13.7. The van der Waals surface area contributed by atoms with E-state index in [-0.39, 0.29) is 31.0 Å². The maximum absolute atomic E-state index is 13.7. The Labute approximate surface area is 287 Å². The Morgan fingerprint density at radius 2 is 1.44 bits per heavy atom. The van der Waals surface area contributed by atoms with E-state index in [1.807, 2.05) is 37.3 Å². The Kier molecular flexibility index (Phi) is 19.7. The van der Waals surface area contributed by atoms with Gasteiger partial charge in [0.15, 0.2) is 11.2 Å². The molecule has 12 heteroatoms. The number of unbranched alkanes of at least 4 members (excludes halogenated alkanes) is 15. The van der Waals surface area contributed by atoms with Gasteiger partial charge in [-0.3, -0.25) is 14.3 Å². The van der Waals surface area contributed by atoms with E-state index in [4.69, 9.17) is 24.3 Å². The van der Waals surface area contributed by atoms with Crippen LogP contribution in [0.2, 0.25) is 0 Å². The summed E-state index contributed by atoms with van der Waals surface area (Å²) in [5.74, 6) is 0.00654. The molecule has 0 bridgehead atoms. The van der Waals surface area contributed by atoms with Gasteiger partial charge >= 0.3 is 7.60 Å². The van der Waals surface area contributed by atoms with Crippen molar-refractivity contribution < 1.29 is 23.1 Å². The molecule has 270 valence electrons. The van der Waals surface area contributed by atoms with Gasteiger partial charge in [-0.15, -0.1) is 0 Å². The summed E-state index contributed by atoms with van der Waals surface area (Å²) >= 11 is 0. The van der Waals surface area contributed by atoms with Crippen molar-refractivity contribution in [3.63, 3.8) is 0 Å². The fourth-order valence-electron chi connectivity index (χ4n) is 5.60. The topological polar surface area (TPSA) is 144 Å². The van der Waals surface area contributed by atoms with E-state index < -0.39 is 19.3 Å². The number of aromatic nitrogens is 4. The minimum atomic E-state index is -3.60. The van der Waals surface area contributed by atoms with Crippen molar-refractivity contribution in [1.29, 1.82) is 0 Å². The van der Waals surface area contributed by atoms with Crippen LogP contribution in [-0.2, 0) is 36.2 Å². The Balaban J connectivity index is 1.27. The molecular formula is C36H60N5O6P. The molecule has 3 N–H and O–H groups in total. The summed E-state index contributed by atoms with van der Waals surface area (Å²) in [5, 5.41) is 0. The average molecular weight is 690 g/mol. The molecule has 0 aliphatic carbocycles. The van der Waals surface area contributed by atoms with Crippen LogP contribution in [0.1, 0.15) is 122 Å². The summed E-state index contributed by atoms with van der Waals surface area (Å²) in [5.41, 5.74) is 6.72. The van der Waals surface area contributed by atoms with E-state index in [1.54, 1.807) is 4.57 Å². The van der Waals surface area contributed by atoms with Gasteiger partial charge in [0.1, 0.15) is 6.35 Å². The minimum Gasteiger partial charge on any atom is -0.379 e. The molecule has 48 heavy (non-hydrogen) atoms. The monoisotopic (exact) mass is 689 g/mol. The number of H-pyrrole nitrogens is 1. The molecule has 2 unspecified atom stereocenters. The molecule has 2 heterocycles. The number of fused-ring (bicyclic) bond motifs is 1. The first-order valence-corrected chi connectivity index (χ1v) is 19.9. The molecule has 2 aromatic heterocycles. The van der Waals surface area contributed by atoms with E-state index in [0.717, 1.165) is 18.4 Å². The lowest BCUT2D eigenvalue weighted by Crippen LogP contribution is -2.19. The first-order valence-electron chi connectivity index (χ1n) is 18.2. The van der Waals surface area contributed by atoms with Crippen molar-refractivity contribution in [1.82, 2.24) is 19.5 Å². The zero-order valence-electron chi connectivity index (χ0n) is 29.4. The molecule has 3 rings (SSSR count). The van der Waals surface area contributed by atoms with Crippen molar-refractivity contribution >= 4 is 24.7 Å². The first-order chi connectivity index (χ1) is 23.4. The fraction of sp³-hybridized carbons (Fsp3) is 0.694. The first kappa shape index (κ1) is 39.9. The van der Waals surface area contributed by atoms with Crippen LogP contribution in [0, 0.1) is 0 Å². The normalized spacial score (nSPS) is 13.6. The number of ether oxygens (including phenoxy) is 2. The third-order valence-electron chi connectivity index (χ3n) is 8.39. The second-order valence-corrected chi connectivity index (χ2v) is 14.7. The average Bonchev–Trinajstić information content (AvgIpc) is 3.48. The lowest BCUT2D eigenvalue weighted by atomic mass is 10.0. The zero-order valence-corrected chi connectivity index (χ0v) is 30.3. The number of nitrogen functional groups attached to an aromatic ring is 1. The van der Waals surface area contributed by atoms with Gasteiger partial charge in [0.05, 0.1) is 38.8 Å². The van der Waals surface area contributed by atoms with Gasteiger partial charge in [-0.05, 0) is 18.9 Å². The lowest BCUT2D eigenvalue weighted by molar-refractivity contribution is 0.0530. The summed E-state index contributed by atoms with van der Waals surface area (Å²) in [4.78, 5) is 22.8. The van der Waals surface area contributed by atoms with Gasteiger partial charge in [0.25, 0.3) is 5.56 Å². The molecule has 0 aliphatic rings. The van der Waals surface area contributed by atoms with Crippen LogP contribution < -0.4 is 11.3 Å². The quantitative estimate of drug-likeness (QED) is 0.0540. The summed E-state index contributed by atoms with van der Waals surface area (Å²) < 4.78 is 38.6. The molecule has 0 saturated carbocycles. The van der Waals surface area contributed by atoms with Crippen LogP contribution in [0.3, 0.4) is 0 Å². The molecule has 11 nitrogen and oxygen atoms in total. The molecule has 0 amide bonds. The third-order valence-corrected chi connectivity index (χ3v) is 9.96. The minimum absolute atomic E-state index is 0.00654. The predicted molar refractivity (Wildman–Crippen MR) is 193 cm³/mol. The van der Waals surface area contributed by atoms with E-state index >= 15 is 0 Å². The smallest absolute Gasteiger partial charge is 0.356 e. The number of rotatable bonds is 29. The van der Waals surface area contributed by atoms with Gasteiger partial charge < -0.3 is 28.8 Å². The fourth-order valence-corrected chi connectivity index (χ4v) is 6.96. The van der Waals surface area contributed by atoms with Crippen molar-refractivity contribution in [2.45, 2.75) is 136 Å². The maximum Gasteiger partial charge on any atom is 0.356 e. The zero-order chi connectivity index (χ0) is 34.3. The summed E-state index contributed by atoms with van der Waals surface area (Å²) in [6.07, 6.45) is 22.2. The molecule has 0 aliphatic heterocycles. The van der Waals surface area contributed by atoms with Gasteiger partial charge in [0.2, 0.25) is 5.95 Å². The molecule has 0 fully saturated rings. The number of nitrogens with two attached hydrogens (primary N) is 1. The molecular weight excluding hydrogens is 629 g/mol. The second kappa shape index (κ2) is 23.7. The highest BCUT2D eigenvalue weighted by molar-refractivity contribution is 7.53. The molecule has 2 atom stereocenters. The van der Waals surface area contributed by atoms with Crippen molar-refractivity contribution in [3.8, 4) is 0 Å². The van der Waals surface area contributed by atoms with Crippen LogP contribution in [0.5, 0.6) is 0 Å². The highest BCUT2D eigenvalue weighted by atomic mass is 31.2. The Morgan fingerprint density at radius 3 is 2.06 bits per heavy atom. The standard InChI is InChI=1S/C36H60N5O6P/c1-3-4-5-6-7-8-9-10-11-12-13-14-15-16-17-21-24-44-25-26-46-48(43,47-28-32-22-19-18-20-23-32)30-45-31(2)27-41-29-38-33-34(41)39-36(37)40-35(33)42/h18-20,22-23,29,31H,3-17,21,24-28,30H2,1-2H3,(H3,37,39,40,42). The van der Waals surface area contributed by atoms with E-state index in [0.29, 0.717) is 25.4 Å². The van der Waals surface area contributed by atoms with Crippen molar-refractivity contribution in [2.24, 2.45) is 0 Å². The van der Waals surface area contributed by atoms with Crippen LogP contribution in [0.25, 0.3) is 11.2 Å². The molecule has 3 aromatic rings. The van der Waals surface area contributed by atoms with Crippen LogP contribution in [-0.4, -0.2) is 51.8 Å². The largest absolute Gasteiger partial charge is 0.379 e. The van der Waals surface area contributed by atoms with Gasteiger partial charge in [-0.2, -0.15) is 4.98 Å². The van der Waals surface area contributed by atoms with Crippen LogP contribution in [0.4, 0.5) is 5.95 Å². The molecule has 1 aromatic carbocycles. The van der Waals surface area contributed by atoms with Crippen LogP contribution >= 0.6 is 7.60 Å². The number of nitrogens with one attached hydrogen (secondary N) is 1. The number of hydrogen-bond donors (Lipinski definition) is 2. The van der Waals surface area contributed by atoms with E-state index in [1.165, 1.54) is 96.2 Å². The third kappa shape index (κ3) is 16.2. The number of nitrogens with zero attached hydrogens (tertiary/aromatic N) is 3. The van der Waals surface area contributed by atoms with E-state index in [9.17, 15) is 9.36 Å². The second-order valence-electron chi connectivity index (χ2n) is 12.7. The number of anilines is 1. The summed E-state index contributed by atoms with van der Waals surface area (Å²) in [6.45, 7) is 5.67. The number of imidazole rings is 1. The Hall–Kier alpha value is -2.56. The highest BCUT2D eigenvalue weighted by Gasteiger charge is 2.27. The van der Waals surface area contributed by atoms with E-state index in [2.05, 4.69) is 21.9 Å².